The fourth-order valence-electron chi connectivity index (χ4n) is 7.59. The number of carbonyl (C=O) groups excluding carboxylic acids is 4. The molecular weight excluding hydrogens is 794 g/mol. The lowest BCUT2D eigenvalue weighted by Gasteiger charge is -2.41. The number of hydrogen-bond acceptors (Lipinski definition) is 10. The van der Waals surface area contributed by atoms with Crippen molar-refractivity contribution in [2.24, 2.45) is 23.2 Å². The van der Waals surface area contributed by atoms with Crippen molar-refractivity contribution in [3.05, 3.63) is 53.9 Å². The highest BCUT2D eigenvalue weighted by molar-refractivity contribution is 5.87. The van der Waals surface area contributed by atoms with Gasteiger partial charge >= 0.3 is 12.1 Å². The summed E-state index contributed by atoms with van der Waals surface area (Å²) in [5.41, 5.74) is -1.50. The van der Waals surface area contributed by atoms with Gasteiger partial charge in [0.2, 0.25) is 23.7 Å². The summed E-state index contributed by atoms with van der Waals surface area (Å²) in [4.78, 5) is 67.1. The van der Waals surface area contributed by atoms with E-state index in [4.69, 9.17) is 14.2 Å². The molecule has 1 aromatic carbocycles. The number of nitrogens with one attached hydrogen (secondary N) is 2. The number of hydrogen-bond donors (Lipinski definition) is 2. The molecule has 1 aliphatic heterocycles. The van der Waals surface area contributed by atoms with Crippen LogP contribution in [0.1, 0.15) is 106 Å². The Bertz CT molecular complexity index is 1760. The van der Waals surface area contributed by atoms with Gasteiger partial charge in [-0.25, -0.2) is 14.8 Å². The van der Waals surface area contributed by atoms with Crippen molar-refractivity contribution in [2.45, 2.75) is 149 Å². The van der Waals surface area contributed by atoms with Crippen LogP contribution in [0.3, 0.4) is 0 Å². The number of esters is 1. The molecule has 16 heteroatoms. The van der Waals surface area contributed by atoms with E-state index in [0.29, 0.717) is 25.8 Å². The van der Waals surface area contributed by atoms with Gasteiger partial charge in [0, 0.05) is 45.8 Å². The maximum absolute atomic E-state index is 14.3. The first-order valence-electron chi connectivity index (χ1n) is 21.2. The van der Waals surface area contributed by atoms with E-state index in [1.54, 1.807) is 32.7 Å². The van der Waals surface area contributed by atoms with E-state index in [1.165, 1.54) is 19.1 Å². The van der Waals surface area contributed by atoms with Crippen LogP contribution in [0.25, 0.3) is 0 Å². The third-order valence-electron chi connectivity index (χ3n) is 12.5. The van der Waals surface area contributed by atoms with Crippen molar-refractivity contribution >= 4 is 29.6 Å². The van der Waals surface area contributed by atoms with Crippen molar-refractivity contribution in [1.29, 1.82) is 0 Å². The Morgan fingerprint density at radius 1 is 0.967 bits per heavy atom. The van der Waals surface area contributed by atoms with E-state index in [1.807, 2.05) is 78.8 Å². The molecule has 0 saturated carbocycles. The summed E-state index contributed by atoms with van der Waals surface area (Å²) < 4.78 is 58.3. The van der Waals surface area contributed by atoms with Crippen LogP contribution in [-0.2, 0) is 46.0 Å². The summed E-state index contributed by atoms with van der Waals surface area (Å²) in [6.07, 6.45) is -3.22. The molecule has 0 spiro atoms. The zero-order valence-corrected chi connectivity index (χ0v) is 38.3. The molecule has 0 unspecified atom stereocenters. The van der Waals surface area contributed by atoms with Crippen molar-refractivity contribution in [3.63, 3.8) is 0 Å². The Balaban J connectivity index is 1.83. The molecule has 61 heavy (non-hydrogen) atoms. The predicted octanol–water partition coefficient (Wildman–Crippen LogP) is 6.95. The number of aromatic nitrogens is 2. The van der Waals surface area contributed by atoms with E-state index >= 15 is 0 Å². The van der Waals surface area contributed by atoms with Gasteiger partial charge < -0.3 is 34.6 Å². The van der Waals surface area contributed by atoms with Gasteiger partial charge in [0.15, 0.2) is 0 Å². The lowest BCUT2D eigenvalue weighted by Crippen LogP contribution is -2.56. The molecule has 3 amide bonds. The molecule has 8 atom stereocenters. The Hall–Kier alpha value is -4.31. The molecule has 2 N–H and O–H groups in total. The Kier molecular flexibility index (Phi) is 18.1. The molecule has 1 fully saturated rings. The molecule has 13 nitrogen and oxygen atoms in total. The summed E-state index contributed by atoms with van der Waals surface area (Å²) in [5, 5.41) is 5.76. The molecule has 0 aliphatic carbocycles. The van der Waals surface area contributed by atoms with Crippen molar-refractivity contribution in [2.75, 3.05) is 33.1 Å². The zero-order chi connectivity index (χ0) is 46.0. The number of likely N-dealkylation sites (N-methyl/N-ethyl adjacent to an activating group) is 1. The van der Waals surface area contributed by atoms with Crippen molar-refractivity contribution < 1.29 is 46.6 Å². The highest BCUT2D eigenvalue weighted by Gasteiger charge is 2.44. The van der Waals surface area contributed by atoms with Gasteiger partial charge in [-0.1, -0.05) is 92.1 Å². The largest absolute Gasteiger partial charge is 0.458 e. The van der Waals surface area contributed by atoms with Crippen LogP contribution in [0, 0.1) is 23.2 Å². The highest BCUT2D eigenvalue weighted by atomic mass is 19.4. The molecule has 1 aliphatic rings. The Labute approximate surface area is 360 Å². The number of methoxy groups -OCH3 is 2. The lowest BCUT2D eigenvalue weighted by atomic mass is 9.79. The van der Waals surface area contributed by atoms with Crippen molar-refractivity contribution in [1.82, 2.24) is 25.1 Å². The first-order chi connectivity index (χ1) is 28.4. The average molecular weight is 863 g/mol. The van der Waals surface area contributed by atoms with E-state index < -0.39 is 77.5 Å². The molecule has 2 heterocycles. The minimum atomic E-state index is -4.69. The second kappa shape index (κ2) is 21.7. The highest BCUT2D eigenvalue weighted by Crippen LogP contribution is 2.34. The molecule has 1 aromatic heterocycles. The first-order valence-corrected chi connectivity index (χ1v) is 21.2. The number of amides is 3. The van der Waals surface area contributed by atoms with Gasteiger partial charge in [0.25, 0.3) is 0 Å². The van der Waals surface area contributed by atoms with Gasteiger partial charge in [-0.2, -0.15) is 13.2 Å². The molecule has 0 bridgehead atoms. The minimum Gasteiger partial charge on any atom is -0.458 e. The van der Waals surface area contributed by atoms with Gasteiger partial charge in [-0.3, -0.25) is 14.4 Å². The number of rotatable bonds is 20. The quantitative estimate of drug-likeness (QED) is 0.134. The van der Waals surface area contributed by atoms with E-state index in [-0.39, 0.29) is 41.9 Å². The van der Waals surface area contributed by atoms with Crippen molar-refractivity contribution in [3.8, 4) is 0 Å². The fraction of sp³-hybridized carbons (Fsp3) is 0.689. The molecular formula is C45H69F3N6O7. The molecule has 2 aromatic rings. The van der Waals surface area contributed by atoms with Crippen LogP contribution in [0.15, 0.2) is 42.6 Å². The number of benzene rings is 1. The average Bonchev–Trinajstić information content (AvgIpc) is 3.68. The number of nitrogens with zero attached hydrogens (tertiary/aromatic N) is 4. The van der Waals surface area contributed by atoms with E-state index in [0.717, 1.165) is 17.8 Å². The number of carbonyl (C=O) groups is 4. The molecule has 3 rings (SSSR count). The number of halogens is 3. The van der Waals surface area contributed by atoms with Crippen LogP contribution in [0.4, 0.5) is 19.1 Å². The van der Waals surface area contributed by atoms with Crippen LogP contribution in [0.2, 0.25) is 0 Å². The SMILES string of the molecule is CC[C@H](C)[C@@H]([C@@H](CC(=O)N1CCC[C@H]1[C@H](OC)[C@@H](C)C(=O)N[C@@H](Cc1ccccc1)C(=O)OC(C)(C)C(C)(C)C)OC)N(C)C(=O)[C@@H](Nc1nccc(C(F)(F)F)n1)C(C)C. The Morgan fingerprint density at radius 3 is 2.15 bits per heavy atom. The van der Waals surface area contributed by atoms with Crippen LogP contribution < -0.4 is 10.6 Å². The maximum Gasteiger partial charge on any atom is 0.433 e. The predicted molar refractivity (Wildman–Crippen MR) is 227 cm³/mol. The number of alkyl halides is 3. The third kappa shape index (κ3) is 13.3. The number of anilines is 1. The van der Waals surface area contributed by atoms with E-state index in [2.05, 4.69) is 20.6 Å². The number of ether oxygens (including phenoxy) is 3. The fourth-order valence-corrected chi connectivity index (χ4v) is 7.59. The molecule has 1 saturated heterocycles. The van der Waals surface area contributed by atoms with E-state index in [9.17, 15) is 32.3 Å². The van der Waals surface area contributed by atoms with Crippen LogP contribution in [0.5, 0.6) is 0 Å². The topological polar surface area (TPSA) is 152 Å². The second-order valence-corrected chi connectivity index (χ2v) is 18.2. The zero-order valence-electron chi connectivity index (χ0n) is 38.3. The third-order valence-corrected chi connectivity index (χ3v) is 12.5. The summed E-state index contributed by atoms with van der Waals surface area (Å²) in [6.45, 7) is 19.2. The second-order valence-electron chi connectivity index (χ2n) is 18.2. The lowest BCUT2D eigenvalue weighted by molar-refractivity contribution is -0.171. The standard InChI is InChI=1S/C45H69F3N6O7/c1-14-28(4)37(53(11)40(57)36(27(2)3)52-42-49-23-22-34(51-42)45(46,47)48)33(59-12)26-35(55)54-24-18-21-32(54)38(60-13)29(5)39(56)50-31(25-30-19-16-15-17-20-30)41(58)61-44(9,10)43(6,7)8/h15-17,19-20,22-23,27-29,31-33,36-38H,14,18,21,24-26H2,1-13H3,(H,50,56)(H,49,51,52)/t28-,29+,31-,32-,33+,36-,37-,38+/m0/s1. The Morgan fingerprint density at radius 2 is 1.61 bits per heavy atom. The van der Waals surface area contributed by atoms with Crippen LogP contribution >= 0.6 is 0 Å². The minimum absolute atomic E-state index is 0.0955. The summed E-state index contributed by atoms with van der Waals surface area (Å²) in [6, 6.07) is 7.06. The van der Waals surface area contributed by atoms with Crippen LogP contribution in [-0.4, -0.2) is 113 Å². The number of likely N-dealkylation sites (tertiary alicyclic amines) is 1. The monoisotopic (exact) mass is 863 g/mol. The van der Waals surface area contributed by atoms with Gasteiger partial charge in [0.05, 0.1) is 36.6 Å². The summed E-state index contributed by atoms with van der Waals surface area (Å²) in [7, 11) is 4.58. The van der Waals surface area contributed by atoms with Gasteiger partial charge in [-0.15, -0.1) is 0 Å². The normalized spacial score (nSPS) is 18.4. The molecule has 342 valence electrons. The summed E-state index contributed by atoms with van der Waals surface area (Å²) >= 11 is 0. The maximum atomic E-state index is 14.3. The smallest absolute Gasteiger partial charge is 0.433 e. The first kappa shape index (κ1) is 51.0. The summed E-state index contributed by atoms with van der Waals surface area (Å²) in [5.74, 6) is -3.29. The van der Waals surface area contributed by atoms with Gasteiger partial charge in [-0.05, 0) is 50.2 Å². The van der Waals surface area contributed by atoms with Gasteiger partial charge in [0.1, 0.15) is 23.4 Å². The molecule has 0 radical (unpaired) electrons.